The molecular weight excluding hydrogens is 286 g/mol. The number of hydrogen-bond donors (Lipinski definition) is 1. The van der Waals surface area contributed by atoms with Crippen molar-refractivity contribution in [1.29, 1.82) is 0 Å². The van der Waals surface area contributed by atoms with E-state index in [1.54, 1.807) is 6.07 Å². The summed E-state index contributed by atoms with van der Waals surface area (Å²) in [7, 11) is 0. The monoisotopic (exact) mass is 311 g/mol. The molecule has 0 heterocycles. The van der Waals surface area contributed by atoms with E-state index in [4.69, 9.17) is 4.74 Å². The van der Waals surface area contributed by atoms with Gasteiger partial charge in [0, 0.05) is 6.04 Å². The van der Waals surface area contributed by atoms with Crippen molar-refractivity contribution in [3.05, 3.63) is 65.7 Å². The van der Waals surface area contributed by atoms with Crippen molar-refractivity contribution in [3.8, 4) is 5.75 Å². The van der Waals surface area contributed by atoms with E-state index in [0.29, 0.717) is 11.3 Å². The van der Waals surface area contributed by atoms with Crippen LogP contribution in [0.1, 0.15) is 43.1 Å². The van der Waals surface area contributed by atoms with Crippen molar-refractivity contribution in [3.63, 3.8) is 0 Å². The van der Waals surface area contributed by atoms with E-state index in [0.717, 1.165) is 12.8 Å². The Balaban J connectivity index is 1.93. The van der Waals surface area contributed by atoms with Crippen molar-refractivity contribution in [2.24, 2.45) is 0 Å². The zero-order chi connectivity index (χ0) is 16.7. The highest BCUT2D eigenvalue weighted by molar-refractivity contribution is 5.97. The van der Waals surface area contributed by atoms with Gasteiger partial charge < -0.3 is 10.1 Å². The third-order valence-corrected chi connectivity index (χ3v) is 3.58. The molecule has 122 valence electrons. The van der Waals surface area contributed by atoms with Gasteiger partial charge >= 0.3 is 0 Å². The second kappa shape index (κ2) is 8.37. The summed E-state index contributed by atoms with van der Waals surface area (Å²) >= 11 is 0. The predicted octanol–water partition coefficient (Wildman–Crippen LogP) is 4.22. The molecule has 1 N–H and O–H groups in total. The Labute approximate surface area is 138 Å². The molecule has 3 nitrogen and oxygen atoms in total. The van der Waals surface area contributed by atoms with Crippen molar-refractivity contribution >= 4 is 5.91 Å². The third kappa shape index (κ3) is 5.44. The second-order valence-corrected chi connectivity index (χ2v) is 6.06. The minimum absolute atomic E-state index is 0.0412. The van der Waals surface area contributed by atoms with E-state index >= 15 is 0 Å². The predicted molar refractivity (Wildman–Crippen MR) is 93.9 cm³/mol. The van der Waals surface area contributed by atoms with Crippen LogP contribution in [0.4, 0.5) is 0 Å². The van der Waals surface area contributed by atoms with Crippen LogP contribution in [0.25, 0.3) is 0 Å². The van der Waals surface area contributed by atoms with Crippen LogP contribution in [0.2, 0.25) is 0 Å². The maximum atomic E-state index is 12.5. The standard InChI is InChI=1S/C20H25NO2/c1-15(2)23-19-12-8-7-11-18(19)20(22)21-16(3)13-14-17-9-5-4-6-10-17/h4-12,15-16H,13-14H2,1-3H3,(H,21,22)/t16-/m1/s1. The Morgan fingerprint density at radius 1 is 1.00 bits per heavy atom. The van der Waals surface area contributed by atoms with Crippen LogP contribution in [0.5, 0.6) is 5.75 Å². The van der Waals surface area contributed by atoms with Crippen LogP contribution in [-0.2, 0) is 6.42 Å². The Morgan fingerprint density at radius 3 is 2.35 bits per heavy atom. The van der Waals surface area contributed by atoms with Gasteiger partial charge in [0.1, 0.15) is 5.75 Å². The molecule has 0 radical (unpaired) electrons. The Kier molecular flexibility index (Phi) is 6.21. The summed E-state index contributed by atoms with van der Waals surface area (Å²) in [4.78, 5) is 12.5. The first-order chi connectivity index (χ1) is 11.1. The zero-order valence-corrected chi connectivity index (χ0v) is 14.1. The molecule has 0 spiro atoms. The molecule has 1 amide bonds. The normalized spacial score (nSPS) is 12.0. The molecule has 0 aromatic heterocycles. The topological polar surface area (TPSA) is 38.3 Å². The molecular formula is C20H25NO2. The lowest BCUT2D eigenvalue weighted by atomic mass is 10.1. The van der Waals surface area contributed by atoms with Crippen molar-refractivity contribution in [2.75, 3.05) is 0 Å². The highest BCUT2D eigenvalue weighted by Gasteiger charge is 2.15. The Hall–Kier alpha value is -2.29. The maximum Gasteiger partial charge on any atom is 0.255 e. The molecule has 2 aromatic rings. The number of ether oxygens (including phenoxy) is 1. The van der Waals surface area contributed by atoms with Crippen LogP contribution in [0.3, 0.4) is 0 Å². The highest BCUT2D eigenvalue weighted by atomic mass is 16.5. The summed E-state index contributed by atoms with van der Waals surface area (Å²) in [5.41, 5.74) is 1.88. The lowest BCUT2D eigenvalue weighted by molar-refractivity contribution is 0.0932. The molecule has 0 aliphatic heterocycles. The lowest BCUT2D eigenvalue weighted by Gasteiger charge is -2.17. The molecule has 0 unspecified atom stereocenters. The van der Waals surface area contributed by atoms with Crippen molar-refractivity contribution < 1.29 is 9.53 Å². The maximum absolute atomic E-state index is 12.5. The third-order valence-electron chi connectivity index (χ3n) is 3.58. The number of hydrogen-bond acceptors (Lipinski definition) is 2. The fourth-order valence-corrected chi connectivity index (χ4v) is 2.41. The molecule has 0 fully saturated rings. The molecule has 1 atom stereocenters. The van der Waals surface area contributed by atoms with Crippen molar-refractivity contribution in [2.45, 2.75) is 45.8 Å². The summed E-state index contributed by atoms with van der Waals surface area (Å²) in [6.45, 7) is 5.95. The van der Waals surface area contributed by atoms with Crippen LogP contribution >= 0.6 is 0 Å². The van der Waals surface area contributed by atoms with Crippen LogP contribution in [-0.4, -0.2) is 18.1 Å². The number of benzene rings is 2. The summed E-state index contributed by atoms with van der Waals surface area (Å²) in [6, 6.07) is 17.8. The van der Waals surface area contributed by atoms with Gasteiger partial charge in [0.15, 0.2) is 0 Å². The van der Waals surface area contributed by atoms with Gasteiger partial charge in [0.2, 0.25) is 0 Å². The van der Waals surface area contributed by atoms with Crippen LogP contribution < -0.4 is 10.1 Å². The van der Waals surface area contributed by atoms with Gasteiger partial charge in [0.05, 0.1) is 11.7 Å². The molecule has 2 aromatic carbocycles. The first-order valence-electron chi connectivity index (χ1n) is 8.16. The molecule has 0 bridgehead atoms. The van der Waals surface area contributed by atoms with Crippen LogP contribution in [0, 0.1) is 0 Å². The summed E-state index contributed by atoms with van der Waals surface area (Å²) in [6.07, 6.45) is 1.90. The van der Waals surface area contributed by atoms with Gasteiger partial charge in [-0.1, -0.05) is 42.5 Å². The fraction of sp³-hybridized carbons (Fsp3) is 0.350. The number of para-hydroxylation sites is 1. The Bertz CT molecular complexity index is 623. The second-order valence-electron chi connectivity index (χ2n) is 6.06. The van der Waals surface area contributed by atoms with Gasteiger partial charge in [-0.25, -0.2) is 0 Å². The molecule has 3 heteroatoms. The van der Waals surface area contributed by atoms with Gasteiger partial charge in [-0.2, -0.15) is 0 Å². The number of carbonyl (C=O) groups is 1. The average Bonchev–Trinajstić information content (AvgIpc) is 2.54. The minimum atomic E-state index is -0.0817. The van der Waals surface area contributed by atoms with E-state index < -0.39 is 0 Å². The molecule has 0 aliphatic rings. The smallest absolute Gasteiger partial charge is 0.255 e. The molecule has 0 saturated carbocycles. The average molecular weight is 311 g/mol. The van der Waals surface area contributed by atoms with E-state index in [2.05, 4.69) is 17.4 Å². The van der Waals surface area contributed by atoms with E-state index in [-0.39, 0.29) is 18.1 Å². The highest BCUT2D eigenvalue weighted by Crippen LogP contribution is 2.19. The van der Waals surface area contributed by atoms with E-state index in [1.807, 2.05) is 57.2 Å². The van der Waals surface area contributed by atoms with E-state index in [9.17, 15) is 4.79 Å². The minimum Gasteiger partial charge on any atom is -0.490 e. The number of amides is 1. The number of rotatable bonds is 7. The summed E-state index contributed by atoms with van der Waals surface area (Å²) in [5.74, 6) is 0.553. The lowest BCUT2D eigenvalue weighted by Crippen LogP contribution is -2.33. The van der Waals surface area contributed by atoms with Crippen molar-refractivity contribution in [1.82, 2.24) is 5.32 Å². The molecule has 2 rings (SSSR count). The van der Waals surface area contributed by atoms with Gasteiger partial charge in [-0.3, -0.25) is 4.79 Å². The SMILES string of the molecule is CC(C)Oc1ccccc1C(=O)N[C@H](C)CCc1ccccc1. The number of nitrogens with one attached hydrogen (secondary N) is 1. The summed E-state index contributed by atoms with van der Waals surface area (Å²) in [5, 5.41) is 3.06. The molecule has 0 saturated heterocycles. The van der Waals surface area contributed by atoms with Gasteiger partial charge in [-0.15, -0.1) is 0 Å². The van der Waals surface area contributed by atoms with Gasteiger partial charge in [-0.05, 0) is 51.3 Å². The molecule has 0 aliphatic carbocycles. The first kappa shape index (κ1) is 17.1. The fourth-order valence-electron chi connectivity index (χ4n) is 2.41. The van der Waals surface area contributed by atoms with E-state index in [1.165, 1.54) is 5.56 Å². The number of carbonyl (C=O) groups excluding carboxylic acids is 1. The zero-order valence-electron chi connectivity index (χ0n) is 14.1. The summed E-state index contributed by atoms with van der Waals surface area (Å²) < 4.78 is 5.72. The quantitative estimate of drug-likeness (QED) is 0.831. The van der Waals surface area contributed by atoms with Crippen LogP contribution in [0.15, 0.2) is 54.6 Å². The Morgan fingerprint density at radius 2 is 1.65 bits per heavy atom. The number of aryl methyl sites for hydroxylation is 1. The first-order valence-corrected chi connectivity index (χ1v) is 8.16. The molecule has 23 heavy (non-hydrogen) atoms. The van der Waals surface area contributed by atoms with Gasteiger partial charge in [0.25, 0.3) is 5.91 Å². The largest absolute Gasteiger partial charge is 0.490 e.